The van der Waals surface area contributed by atoms with Crippen LogP contribution < -0.4 is 14.5 Å². The molecule has 4 fully saturated rings. The van der Waals surface area contributed by atoms with Gasteiger partial charge in [-0.3, -0.25) is 19.2 Å². The van der Waals surface area contributed by atoms with E-state index in [1.54, 1.807) is 29.2 Å². The van der Waals surface area contributed by atoms with E-state index in [2.05, 4.69) is 26.0 Å². The van der Waals surface area contributed by atoms with Crippen molar-refractivity contribution in [3.8, 4) is 5.75 Å². The van der Waals surface area contributed by atoms with Gasteiger partial charge in [-0.15, -0.1) is 0 Å². The average molecular weight is 525 g/mol. The molecule has 0 aromatic heterocycles. The number of hydrogen-bond donors (Lipinski definition) is 0. The standard InChI is InChI=1S/C32H32N2O5/c1-3-17-7-5-8-18(4-2)29(17)33-16-19(13-26(33)35)32(38)39-21-10-6-9-20(14-21)34-30(36)27-22-11-12-23(25-15-24(22)25)28(27)31(34)37/h5-12,14,19,22-25,27-28H,3-4,13,15-16H2,1-2H3/t19-,22+,23+,24+,25+,27-,28-/m1/s1. The lowest BCUT2D eigenvalue weighted by molar-refractivity contribution is -0.139. The number of hydrogen-bond acceptors (Lipinski definition) is 5. The average Bonchev–Trinajstić information content (AvgIpc) is 3.63. The fourth-order valence-corrected chi connectivity index (χ4v) is 7.74. The number of imide groups is 1. The molecule has 0 radical (unpaired) electrons. The summed E-state index contributed by atoms with van der Waals surface area (Å²) in [6, 6.07) is 12.7. The Bertz CT molecular complexity index is 1390. The Balaban J connectivity index is 1.08. The molecule has 7 atom stereocenters. The Morgan fingerprint density at radius 2 is 1.51 bits per heavy atom. The van der Waals surface area contributed by atoms with Crippen molar-refractivity contribution in [3.63, 3.8) is 0 Å². The first kappa shape index (κ1) is 24.3. The Morgan fingerprint density at radius 3 is 2.13 bits per heavy atom. The van der Waals surface area contributed by atoms with Crippen molar-refractivity contribution in [1.29, 1.82) is 0 Å². The summed E-state index contributed by atoms with van der Waals surface area (Å²) in [5.74, 6) is -0.352. The van der Waals surface area contributed by atoms with E-state index in [0.29, 0.717) is 17.5 Å². The smallest absolute Gasteiger partial charge is 0.316 e. The second-order valence-corrected chi connectivity index (χ2v) is 11.6. The number of allylic oxidation sites excluding steroid dienone is 2. The van der Waals surface area contributed by atoms with Crippen LogP contribution in [0.25, 0.3) is 0 Å². The van der Waals surface area contributed by atoms with E-state index in [1.807, 2.05) is 18.2 Å². The summed E-state index contributed by atoms with van der Waals surface area (Å²) in [4.78, 5) is 56.2. The lowest BCUT2D eigenvalue weighted by Crippen LogP contribution is -2.40. The third-order valence-corrected chi connectivity index (χ3v) is 9.65. The van der Waals surface area contributed by atoms with Crippen LogP contribution in [0.1, 0.15) is 37.8 Å². The summed E-state index contributed by atoms with van der Waals surface area (Å²) in [6.07, 6.45) is 7.10. The van der Waals surface area contributed by atoms with E-state index < -0.39 is 11.9 Å². The number of anilines is 2. The molecule has 7 nitrogen and oxygen atoms in total. The lowest BCUT2D eigenvalue weighted by atomic mass is 9.63. The normalized spacial score (nSPS) is 32.1. The number of para-hydroxylation sites is 1. The van der Waals surface area contributed by atoms with E-state index in [0.717, 1.165) is 36.1 Å². The van der Waals surface area contributed by atoms with Crippen molar-refractivity contribution in [2.75, 3.05) is 16.3 Å². The van der Waals surface area contributed by atoms with Gasteiger partial charge in [-0.1, -0.05) is 50.3 Å². The molecule has 7 heteroatoms. The van der Waals surface area contributed by atoms with Crippen molar-refractivity contribution < 1.29 is 23.9 Å². The topological polar surface area (TPSA) is 84.0 Å². The van der Waals surface area contributed by atoms with E-state index in [1.165, 1.54) is 4.90 Å². The minimum absolute atomic E-state index is 0.0848. The fraction of sp³-hybridized carbons (Fsp3) is 0.438. The molecule has 2 saturated heterocycles. The van der Waals surface area contributed by atoms with Crippen LogP contribution in [-0.2, 0) is 32.0 Å². The molecule has 2 aromatic rings. The highest BCUT2D eigenvalue weighted by molar-refractivity contribution is 6.22. The molecule has 3 amide bonds. The molecular formula is C32H32N2O5. The van der Waals surface area contributed by atoms with E-state index >= 15 is 0 Å². The van der Waals surface area contributed by atoms with Crippen molar-refractivity contribution in [3.05, 3.63) is 65.7 Å². The molecule has 2 bridgehead atoms. The van der Waals surface area contributed by atoms with Crippen LogP contribution in [0.2, 0.25) is 0 Å². The largest absolute Gasteiger partial charge is 0.426 e. The molecule has 2 heterocycles. The van der Waals surface area contributed by atoms with Crippen molar-refractivity contribution in [1.82, 2.24) is 0 Å². The van der Waals surface area contributed by atoms with Gasteiger partial charge >= 0.3 is 5.97 Å². The molecule has 2 aromatic carbocycles. The van der Waals surface area contributed by atoms with Gasteiger partial charge in [0.1, 0.15) is 5.75 Å². The number of amides is 3. The lowest BCUT2D eigenvalue weighted by Gasteiger charge is -2.37. The van der Waals surface area contributed by atoms with Crippen LogP contribution in [0.15, 0.2) is 54.6 Å². The van der Waals surface area contributed by atoms with Crippen LogP contribution in [-0.4, -0.2) is 30.2 Å². The monoisotopic (exact) mass is 524 g/mol. The zero-order valence-electron chi connectivity index (χ0n) is 22.2. The molecule has 200 valence electrons. The molecule has 0 unspecified atom stereocenters. The zero-order chi connectivity index (χ0) is 27.0. The van der Waals surface area contributed by atoms with Gasteiger partial charge in [-0.25, -0.2) is 4.90 Å². The van der Waals surface area contributed by atoms with Crippen LogP contribution >= 0.6 is 0 Å². The van der Waals surface area contributed by atoms with Gasteiger partial charge in [0, 0.05) is 24.7 Å². The van der Waals surface area contributed by atoms with E-state index in [-0.39, 0.29) is 60.1 Å². The predicted octanol–water partition coefficient (Wildman–Crippen LogP) is 4.33. The maximum Gasteiger partial charge on any atom is 0.316 e. The Morgan fingerprint density at radius 1 is 0.897 bits per heavy atom. The number of carbonyl (C=O) groups is 4. The van der Waals surface area contributed by atoms with Crippen LogP contribution in [0.4, 0.5) is 11.4 Å². The summed E-state index contributed by atoms with van der Waals surface area (Å²) >= 11 is 0. The molecule has 6 aliphatic rings. The molecule has 4 aliphatic carbocycles. The highest BCUT2D eigenvalue weighted by atomic mass is 16.5. The van der Waals surface area contributed by atoms with Crippen LogP contribution in [0.3, 0.4) is 0 Å². The van der Waals surface area contributed by atoms with Gasteiger partial charge in [0.15, 0.2) is 0 Å². The highest BCUT2D eigenvalue weighted by Crippen LogP contribution is 2.65. The number of benzene rings is 2. The number of esters is 1. The molecular weight excluding hydrogens is 492 g/mol. The van der Waals surface area contributed by atoms with Crippen LogP contribution in [0, 0.1) is 41.4 Å². The quantitative estimate of drug-likeness (QED) is 0.243. The first-order valence-corrected chi connectivity index (χ1v) is 14.2. The van der Waals surface area contributed by atoms with Gasteiger partial charge in [0.05, 0.1) is 23.4 Å². The molecule has 2 aliphatic heterocycles. The molecule has 0 N–H and O–H groups in total. The fourth-order valence-electron chi connectivity index (χ4n) is 7.74. The highest BCUT2D eigenvalue weighted by Gasteiger charge is 2.67. The number of carbonyl (C=O) groups excluding carboxylic acids is 4. The number of nitrogens with zero attached hydrogens (tertiary/aromatic N) is 2. The Hall–Kier alpha value is -3.74. The molecule has 8 rings (SSSR count). The van der Waals surface area contributed by atoms with E-state index in [9.17, 15) is 19.2 Å². The Labute approximate surface area is 227 Å². The molecule has 0 spiro atoms. The third-order valence-electron chi connectivity index (χ3n) is 9.65. The Kier molecular flexibility index (Phi) is 5.55. The first-order chi connectivity index (χ1) is 18.9. The zero-order valence-corrected chi connectivity index (χ0v) is 22.2. The van der Waals surface area contributed by atoms with Gasteiger partial charge < -0.3 is 9.64 Å². The van der Waals surface area contributed by atoms with Crippen molar-refractivity contribution in [2.24, 2.45) is 41.4 Å². The predicted molar refractivity (Wildman–Crippen MR) is 145 cm³/mol. The van der Waals surface area contributed by atoms with Crippen molar-refractivity contribution in [2.45, 2.75) is 39.5 Å². The molecule has 39 heavy (non-hydrogen) atoms. The van der Waals surface area contributed by atoms with Gasteiger partial charge in [-0.2, -0.15) is 0 Å². The number of aryl methyl sites for hydroxylation is 2. The molecule has 2 saturated carbocycles. The van der Waals surface area contributed by atoms with Gasteiger partial charge in [-0.05, 0) is 66.2 Å². The second kappa shape index (κ2) is 8.90. The summed E-state index contributed by atoms with van der Waals surface area (Å²) < 4.78 is 5.73. The summed E-state index contributed by atoms with van der Waals surface area (Å²) in [5, 5.41) is 0. The summed E-state index contributed by atoms with van der Waals surface area (Å²) in [7, 11) is 0. The van der Waals surface area contributed by atoms with Gasteiger partial charge in [0.25, 0.3) is 0 Å². The summed E-state index contributed by atoms with van der Waals surface area (Å²) in [6.45, 7) is 4.39. The minimum Gasteiger partial charge on any atom is -0.426 e. The maximum atomic E-state index is 13.5. The first-order valence-electron chi connectivity index (χ1n) is 14.2. The number of rotatable bonds is 6. The summed E-state index contributed by atoms with van der Waals surface area (Å²) in [5.41, 5.74) is 3.53. The third kappa shape index (κ3) is 3.62. The van der Waals surface area contributed by atoms with Gasteiger partial charge in [0.2, 0.25) is 17.7 Å². The van der Waals surface area contributed by atoms with Crippen molar-refractivity contribution >= 4 is 35.1 Å². The maximum absolute atomic E-state index is 13.5. The SMILES string of the molecule is CCc1cccc(CC)c1N1C[C@H](C(=O)Oc2cccc(N3C(=O)[C@@H]4[C@H]5C=C[C@@H]([C@@H]6C[C@@H]56)[C@H]4C3=O)c2)CC1=O. The minimum atomic E-state index is -0.595. The number of ether oxygens (including phenoxy) is 1. The van der Waals surface area contributed by atoms with Crippen LogP contribution in [0.5, 0.6) is 5.75 Å². The van der Waals surface area contributed by atoms with E-state index in [4.69, 9.17) is 4.74 Å². The second-order valence-electron chi connectivity index (χ2n) is 11.6.